The molecule has 7 nitrogen and oxygen atoms in total. The minimum absolute atomic E-state index is 0.189. The lowest BCUT2D eigenvalue weighted by Crippen LogP contribution is -2.32. The van der Waals surface area contributed by atoms with Crippen molar-refractivity contribution in [3.8, 4) is 5.75 Å². The minimum Gasteiger partial charge on any atom is -0.495 e. The van der Waals surface area contributed by atoms with Crippen LogP contribution in [0.3, 0.4) is 0 Å². The number of hydrogen-bond donors (Lipinski definition) is 2. The molecule has 0 spiro atoms. The van der Waals surface area contributed by atoms with Crippen molar-refractivity contribution in [1.29, 1.82) is 0 Å². The molecule has 0 aliphatic rings. The molecule has 1 aromatic carbocycles. The zero-order valence-corrected chi connectivity index (χ0v) is 14.4. The fourth-order valence-corrected chi connectivity index (χ4v) is 2.31. The average molecular weight is 383 g/mol. The lowest BCUT2D eigenvalue weighted by molar-refractivity contribution is -0.139. The van der Waals surface area contributed by atoms with Crippen molar-refractivity contribution >= 4 is 23.2 Å². The summed E-state index contributed by atoms with van der Waals surface area (Å²) in [6, 6.07) is 6.16. The van der Waals surface area contributed by atoms with Crippen LogP contribution in [0.5, 0.6) is 5.75 Å². The summed E-state index contributed by atoms with van der Waals surface area (Å²) in [6.07, 6.45) is -3.73. The molecule has 2 amide bonds. The molecule has 1 heterocycles. The van der Waals surface area contributed by atoms with Crippen LogP contribution in [0.4, 0.5) is 24.5 Å². The number of carbonyl (C=O) groups excluding carboxylic acids is 2. The molecular formula is C17H16F3N3O4. The van der Waals surface area contributed by atoms with E-state index < -0.39 is 29.8 Å². The number of pyridine rings is 1. The zero-order chi connectivity index (χ0) is 20.2. The number of hydrogen-bond acceptors (Lipinski definition) is 4. The Hall–Kier alpha value is -3.30. The van der Waals surface area contributed by atoms with Gasteiger partial charge in [-0.2, -0.15) is 13.2 Å². The second-order valence-corrected chi connectivity index (χ2v) is 5.50. The van der Waals surface area contributed by atoms with Gasteiger partial charge in [-0.1, -0.05) is 0 Å². The minimum atomic E-state index is -4.81. The summed E-state index contributed by atoms with van der Waals surface area (Å²) >= 11 is 0. The third-order valence-corrected chi connectivity index (χ3v) is 3.43. The molecule has 0 saturated carbocycles. The maximum atomic E-state index is 12.8. The number of anilines is 2. The first-order valence-corrected chi connectivity index (χ1v) is 7.64. The molecule has 0 unspecified atom stereocenters. The summed E-state index contributed by atoms with van der Waals surface area (Å²) in [6.45, 7) is 0.679. The Bertz CT molecular complexity index is 922. The predicted octanol–water partition coefficient (Wildman–Crippen LogP) is 2.47. The maximum absolute atomic E-state index is 12.8. The summed E-state index contributed by atoms with van der Waals surface area (Å²) in [5, 5.41) is 4.98. The van der Waals surface area contributed by atoms with Crippen molar-refractivity contribution in [3.05, 3.63) is 52.4 Å². The van der Waals surface area contributed by atoms with E-state index in [2.05, 4.69) is 10.6 Å². The van der Waals surface area contributed by atoms with Crippen molar-refractivity contribution in [2.24, 2.45) is 0 Å². The monoisotopic (exact) mass is 383 g/mol. The Morgan fingerprint density at radius 2 is 1.89 bits per heavy atom. The average Bonchev–Trinajstić information content (AvgIpc) is 2.55. The first-order chi connectivity index (χ1) is 12.6. The van der Waals surface area contributed by atoms with Gasteiger partial charge >= 0.3 is 6.18 Å². The largest absolute Gasteiger partial charge is 0.495 e. The van der Waals surface area contributed by atoms with Gasteiger partial charge in [-0.05, 0) is 30.3 Å². The van der Waals surface area contributed by atoms with E-state index in [9.17, 15) is 27.6 Å². The van der Waals surface area contributed by atoms with Crippen molar-refractivity contribution in [2.75, 3.05) is 17.7 Å². The molecule has 1 aromatic heterocycles. The number of rotatable bonds is 5. The third-order valence-electron chi connectivity index (χ3n) is 3.43. The van der Waals surface area contributed by atoms with Gasteiger partial charge in [0.05, 0.1) is 12.8 Å². The number of aromatic nitrogens is 1. The van der Waals surface area contributed by atoms with Gasteiger partial charge in [0.15, 0.2) is 0 Å². The zero-order valence-electron chi connectivity index (χ0n) is 14.4. The molecule has 0 bridgehead atoms. The first-order valence-electron chi connectivity index (χ1n) is 7.64. The number of ether oxygens (including phenoxy) is 1. The van der Waals surface area contributed by atoms with Crippen LogP contribution in [0.25, 0.3) is 0 Å². The van der Waals surface area contributed by atoms with Gasteiger partial charge in [0.2, 0.25) is 11.8 Å². The first kappa shape index (κ1) is 20.0. The quantitative estimate of drug-likeness (QED) is 0.830. The van der Waals surface area contributed by atoms with E-state index in [1.54, 1.807) is 6.07 Å². The molecule has 0 aliphatic carbocycles. The van der Waals surface area contributed by atoms with Crippen LogP contribution in [0.1, 0.15) is 12.5 Å². The number of benzene rings is 1. The smallest absolute Gasteiger partial charge is 0.421 e. The number of halogens is 3. The Kier molecular flexibility index (Phi) is 5.88. The predicted molar refractivity (Wildman–Crippen MR) is 91.6 cm³/mol. The topological polar surface area (TPSA) is 89.4 Å². The lowest BCUT2D eigenvalue weighted by atomic mass is 10.2. The normalized spacial score (nSPS) is 11.0. The molecule has 27 heavy (non-hydrogen) atoms. The van der Waals surface area contributed by atoms with Gasteiger partial charge in [0, 0.05) is 18.8 Å². The van der Waals surface area contributed by atoms with Gasteiger partial charge < -0.3 is 19.9 Å². The van der Waals surface area contributed by atoms with Crippen LogP contribution in [0.15, 0.2) is 41.3 Å². The van der Waals surface area contributed by atoms with Gasteiger partial charge in [-0.15, -0.1) is 0 Å². The van der Waals surface area contributed by atoms with Crippen LogP contribution < -0.4 is 20.9 Å². The van der Waals surface area contributed by atoms with Crippen molar-refractivity contribution in [3.63, 3.8) is 0 Å². The molecule has 2 aromatic rings. The molecule has 0 fully saturated rings. The van der Waals surface area contributed by atoms with Crippen LogP contribution in [-0.4, -0.2) is 23.5 Å². The summed E-state index contributed by atoms with van der Waals surface area (Å²) in [5.41, 5.74) is -2.11. The molecule has 144 valence electrons. The molecule has 10 heteroatoms. The van der Waals surface area contributed by atoms with Crippen molar-refractivity contribution in [2.45, 2.75) is 19.6 Å². The van der Waals surface area contributed by atoms with Crippen LogP contribution in [0.2, 0.25) is 0 Å². The molecule has 2 N–H and O–H groups in total. The van der Waals surface area contributed by atoms with Gasteiger partial charge in [0.25, 0.3) is 5.56 Å². The number of carbonyl (C=O) groups is 2. The third kappa shape index (κ3) is 5.09. The lowest BCUT2D eigenvalue weighted by Gasteiger charge is -2.14. The van der Waals surface area contributed by atoms with Crippen molar-refractivity contribution < 1.29 is 27.5 Å². The Balaban J connectivity index is 2.24. The number of amides is 2. The molecule has 0 aliphatic heterocycles. The van der Waals surface area contributed by atoms with E-state index >= 15 is 0 Å². The van der Waals surface area contributed by atoms with Gasteiger partial charge in [-0.3, -0.25) is 14.4 Å². The van der Waals surface area contributed by atoms with Gasteiger partial charge in [-0.25, -0.2) is 0 Å². The summed E-state index contributed by atoms with van der Waals surface area (Å²) in [5.74, 6) is -0.795. The summed E-state index contributed by atoms with van der Waals surface area (Å²) in [7, 11) is 1.36. The fraction of sp³-hybridized carbons (Fsp3) is 0.235. The highest BCUT2D eigenvalue weighted by Gasteiger charge is 2.34. The van der Waals surface area contributed by atoms with Crippen molar-refractivity contribution in [1.82, 2.24) is 4.57 Å². The molecular weight excluding hydrogens is 367 g/mol. The van der Waals surface area contributed by atoms with Crippen LogP contribution in [0, 0.1) is 0 Å². The number of nitrogens with zero attached hydrogens (tertiary/aromatic N) is 1. The van der Waals surface area contributed by atoms with E-state index in [1.807, 2.05) is 0 Å². The Morgan fingerprint density at radius 3 is 2.48 bits per heavy atom. The van der Waals surface area contributed by atoms with E-state index in [-0.39, 0.29) is 17.3 Å². The molecule has 0 radical (unpaired) electrons. The van der Waals surface area contributed by atoms with E-state index in [1.165, 1.54) is 26.2 Å². The summed E-state index contributed by atoms with van der Waals surface area (Å²) in [4.78, 5) is 35.2. The van der Waals surface area contributed by atoms with Crippen LogP contribution >= 0.6 is 0 Å². The van der Waals surface area contributed by atoms with E-state index in [0.29, 0.717) is 16.3 Å². The van der Waals surface area contributed by atoms with E-state index in [4.69, 9.17) is 4.74 Å². The molecule has 0 atom stereocenters. The second-order valence-electron chi connectivity index (χ2n) is 5.50. The Labute approximate surface area is 151 Å². The van der Waals surface area contributed by atoms with Gasteiger partial charge in [0.1, 0.15) is 17.9 Å². The maximum Gasteiger partial charge on any atom is 0.421 e. The number of nitrogens with one attached hydrogen (secondary N) is 2. The number of methoxy groups -OCH3 is 1. The Morgan fingerprint density at radius 1 is 1.19 bits per heavy atom. The number of alkyl halides is 3. The highest BCUT2D eigenvalue weighted by atomic mass is 19.4. The standard InChI is InChI=1S/C17H16F3N3O4/c1-10(24)21-11-5-6-14(27-2)13(8-11)22-15(25)9-23-7-3-4-12(16(23)26)17(18,19)20/h3-8H,9H2,1-2H3,(H,21,24)(H,22,25). The SMILES string of the molecule is COc1ccc(NC(C)=O)cc1NC(=O)Cn1cccc(C(F)(F)F)c1=O. The second kappa shape index (κ2) is 7.94. The molecule has 2 rings (SSSR count). The molecule has 0 saturated heterocycles. The summed E-state index contributed by atoms with van der Waals surface area (Å²) < 4.78 is 44.1. The highest BCUT2D eigenvalue weighted by Crippen LogP contribution is 2.28. The fourth-order valence-electron chi connectivity index (χ4n) is 2.31. The van der Waals surface area contributed by atoms with Crippen LogP contribution in [-0.2, 0) is 22.3 Å². The highest BCUT2D eigenvalue weighted by molar-refractivity contribution is 5.94. The van der Waals surface area contributed by atoms with E-state index in [0.717, 1.165) is 12.3 Å².